The first kappa shape index (κ1) is 13.4. The number of rotatable bonds is 5. The molecule has 0 aliphatic carbocycles. The van der Waals surface area contributed by atoms with Crippen LogP contribution in [0.15, 0.2) is 35.7 Å². The lowest BCUT2D eigenvalue weighted by atomic mass is 10.2. The summed E-state index contributed by atoms with van der Waals surface area (Å²) in [6, 6.07) is 9.31. The van der Waals surface area contributed by atoms with E-state index in [1.807, 2.05) is 24.1 Å². The van der Waals surface area contributed by atoms with E-state index in [-0.39, 0.29) is 5.82 Å². The molecule has 0 saturated heterocycles. The van der Waals surface area contributed by atoms with Gasteiger partial charge in [0.25, 0.3) is 0 Å². The van der Waals surface area contributed by atoms with Gasteiger partial charge in [-0.2, -0.15) is 0 Å². The average Bonchev–Trinajstić information content (AvgIpc) is 2.88. The number of halogens is 2. The van der Waals surface area contributed by atoms with Gasteiger partial charge in [-0.15, -0.1) is 22.9 Å². The molecule has 1 nitrogen and oxygen atoms in total. The van der Waals surface area contributed by atoms with Gasteiger partial charge in [0.05, 0.1) is 5.69 Å². The summed E-state index contributed by atoms with van der Waals surface area (Å²) in [6.45, 7) is 0.803. The fourth-order valence-electron chi connectivity index (χ4n) is 1.80. The van der Waals surface area contributed by atoms with Crippen molar-refractivity contribution in [2.45, 2.75) is 12.3 Å². The second-order valence-electron chi connectivity index (χ2n) is 4.17. The van der Waals surface area contributed by atoms with Crippen LogP contribution in [-0.2, 0) is 12.3 Å². The molecule has 0 radical (unpaired) electrons. The molecule has 0 bridgehead atoms. The van der Waals surface area contributed by atoms with Crippen LogP contribution in [0.2, 0.25) is 0 Å². The third kappa shape index (κ3) is 3.24. The zero-order valence-corrected chi connectivity index (χ0v) is 11.8. The van der Waals surface area contributed by atoms with Crippen LogP contribution in [0, 0.1) is 5.82 Å². The molecule has 0 fully saturated rings. The molecule has 4 heteroatoms. The summed E-state index contributed by atoms with van der Waals surface area (Å²) in [4.78, 5) is 3.26. The summed E-state index contributed by atoms with van der Waals surface area (Å²) in [7, 11) is 1.91. The Morgan fingerprint density at radius 3 is 2.78 bits per heavy atom. The van der Waals surface area contributed by atoms with Gasteiger partial charge in [-0.1, -0.05) is 12.1 Å². The number of likely N-dealkylation sites (N-methyl/N-ethyl adjacent to an activating group) is 1. The molecule has 0 aliphatic rings. The van der Waals surface area contributed by atoms with E-state index in [2.05, 4.69) is 11.4 Å². The second-order valence-corrected chi connectivity index (χ2v) is 5.47. The van der Waals surface area contributed by atoms with Gasteiger partial charge >= 0.3 is 0 Å². The summed E-state index contributed by atoms with van der Waals surface area (Å²) in [5, 5.41) is 2.06. The fourth-order valence-corrected chi connectivity index (χ4v) is 2.66. The molecule has 0 atom stereocenters. The Morgan fingerprint density at radius 1 is 1.33 bits per heavy atom. The quantitative estimate of drug-likeness (QED) is 0.739. The lowest BCUT2D eigenvalue weighted by Gasteiger charge is -2.19. The van der Waals surface area contributed by atoms with Crippen molar-refractivity contribution in [3.63, 3.8) is 0 Å². The van der Waals surface area contributed by atoms with Crippen molar-refractivity contribution in [3.8, 4) is 0 Å². The highest BCUT2D eigenvalue weighted by atomic mass is 35.5. The second kappa shape index (κ2) is 6.21. The Balaban J connectivity index is 2.02. The minimum absolute atomic E-state index is 0.207. The van der Waals surface area contributed by atoms with Crippen LogP contribution in [-0.4, -0.2) is 13.6 Å². The summed E-state index contributed by atoms with van der Waals surface area (Å²) in [5.41, 5.74) is 1.44. The van der Waals surface area contributed by atoms with E-state index in [4.69, 9.17) is 11.6 Å². The number of nitrogens with zero attached hydrogens (tertiary/aromatic N) is 1. The maximum absolute atomic E-state index is 13.9. The summed E-state index contributed by atoms with van der Waals surface area (Å²) >= 11 is 7.41. The van der Waals surface area contributed by atoms with Crippen molar-refractivity contribution in [2.75, 3.05) is 18.5 Å². The maximum atomic E-state index is 13.9. The highest BCUT2D eigenvalue weighted by molar-refractivity contribution is 7.09. The van der Waals surface area contributed by atoms with Crippen LogP contribution in [0.5, 0.6) is 0 Å². The SMILES string of the molecule is CN(CCc1cccs1)c1ccc(CCl)cc1F. The Morgan fingerprint density at radius 2 is 2.17 bits per heavy atom. The van der Waals surface area contributed by atoms with Gasteiger partial charge in [0.1, 0.15) is 5.82 Å². The fraction of sp³-hybridized carbons (Fsp3) is 0.286. The number of anilines is 1. The van der Waals surface area contributed by atoms with Crippen molar-refractivity contribution < 1.29 is 4.39 Å². The molecule has 18 heavy (non-hydrogen) atoms. The van der Waals surface area contributed by atoms with E-state index >= 15 is 0 Å². The number of hydrogen-bond acceptors (Lipinski definition) is 2. The highest BCUT2D eigenvalue weighted by Crippen LogP contribution is 2.21. The first-order chi connectivity index (χ1) is 8.70. The Bertz CT molecular complexity index is 499. The van der Waals surface area contributed by atoms with Gasteiger partial charge in [0.15, 0.2) is 0 Å². The zero-order chi connectivity index (χ0) is 13.0. The van der Waals surface area contributed by atoms with Crippen molar-refractivity contribution >= 4 is 28.6 Å². The van der Waals surface area contributed by atoms with Gasteiger partial charge in [0.2, 0.25) is 0 Å². The Labute approximate surface area is 116 Å². The van der Waals surface area contributed by atoms with Crippen LogP contribution in [0.1, 0.15) is 10.4 Å². The van der Waals surface area contributed by atoms with Crippen LogP contribution in [0.25, 0.3) is 0 Å². The van der Waals surface area contributed by atoms with Crippen LogP contribution in [0.4, 0.5) is 10.1 Å². The average molecular weight is 284 g/mol. The normalized spacial score (nSPS) is 10.6. The largest absolute Gasteiger partial charge is 0.372 e. The van der Waals surface area contributed by atoms with Gasteiger partial charge in [-0.25, -0.2) is 4.39 Å². The zero-order valence-electron chi connectivity index (χ0n) is 10.2. The Kier molecular flexibility index (Phi) is 4.61. The minimum Gasteiger partial charge on any atom is -0.372 e. The summed E-state index contributed by atoms with van der Waals surface area (Å²) in [5.74, 6) is 0.137. The molecule has 1 aromatic carbocycles. The van der Waals surface area contributed by atoms with Crippen molar-refractivity contribution in [2.24, 2.45) is 0 Å². The molecule has 1 heterocycles. The molecule has 0 saturated carbocycles. The number of thiophene rings is 1. The lowest BCUT2D eigenvalue weighted by molar-refractivity contribution is 0.621. The monoisotopic (exact) mass is 283 g/mol. The Hall–Kier alpha value is -1.06. The molecule has 0 amide bonds. The smallest absolute Gasteiger partial charge is 0.146 e. The van der Waals surface area contributed by atoms with E-state index in [1.54, 1.807) is 17.4 Å². The van der Waals surface area contributed by atoms with Crippen molar-refractivity contribution in [1.29, 1.82) is 0 Å². The topological polar surface area (TPSA) is 3.24 Å². The first-order valence-electron chi connectivity index (χ1n) is 5.78. The van der Waals surface area contributed by atoms with Gasteiger partial charge < -0.3 is 4.90 Å². The number of alkyl halides is 1. The van der Waals surface area contributed by atoms with Gasteiger partial charge in [-0.05, 0) is 35.6 Å². The summed E-state index contributed by atoms with van der Waals surface area (Å²) in [6.07, 6.45) is 0.935. The third-order valence-corrected chi connectivity index (χ3v) is 4.10. The predicted molar refractivity (Wildman–Crippen MR) is 77.3 cm³/mol. The van der Waals surface area contributed by atoms with E-state index in [0.29, 0.717) is 11.6 Å². The van der Waals surface area contributed by atoms with Crippen molar-refractivity contribution in [3.05, 3.63) is 52.0 Å². The van der Waals surface area contributed by atoms with E-state index in [9.17, 15) is 4.39 Å². The van der Waals surface area contributed by atoms with Crippen LogP contribution < -0.4 is 4.90 Å². The molecule has 0 N–H and O–H groups in total. The third-order valence-electron chi connectivity index (χ3n) is 2.85. The molecule has 2 rings (SSSR count). The van der Waals surface area contributed by atoms with E-state index in [0.717, 1.165) is 18.5 Å². The van der Waals surface area contributed by atoms with E-state index in [1.165, 1.54) is 10.9 Å². The summed E-state index contributed by atoms with van der Waals surface area (Å²) < 4.78 is 13.9. The molecule has 0 aliphatic heterocycles. The van der Waals surface area contributed by atoms with Crippen LogP contribution >= 0.6 is 22.9 Å². The molecular formula is C14H15ClFNS. The van der Waals surface area contributed by atoms with Gasteiger partial charge in [0, 0.05) is 24.3 Å². The predicted octanol–water partition coefficient (Wildman–Crippen LogP) is 4.30. The number of hydrogen-bond donors (Lipinski definition) is 0. The molecular weight excluding hydrogens is 269 g/mol. The molecule has 96 valence electrons. The molecule has 1 aromatic heterocycles. The molecule has 0 unspecified atom stereocenters. The highest BCUT2D eigenvalue weighted by Gasteiger charge is 2.08. The standard InChI is InChI=1S/C14H15ClFNS/c1-17(7-6-12-3-2-8-18-12)14-5-4-11(10-15)9-13(14)16/h2-5,8-9H,6-7,10H2,1H3. The number of benzene rings is 1. The molecule has 0 spiro atoms. The van der Waals surface area contributed by atoms with Crippen LogP contribution in [0.3, 0.4) is 0 Å². The van der Waals surface area contributed by atoms with E-state index < -0.39 is 0 Å². The van der Waals surface area contributed by atoms with Crippen molar-refractivity contribution in [1.82, 2.24) is 0 Å². The lowest BCUT2D eigenvalue weighted by Crippen LogP contribution is -2.21. The minimum atomic E-state index is -0.207. The van der Waals surface area contributed by atoms with Gasteiger partial charge in [-0.3, -0.25) is 0 Å². The first-order valence-corrected chi connectivity index (χ1v) is 7.20. The maximum Gasteiger partial charge on any atom is 0.146 e. The molecule has 2 aromatic rings.